The van der Waals surface area contributed by atoms with Gasteiger partial charge in [-0.05, 0) is 32.1 Å². The quantitative estimate of drug-likeness (QED) is 0.692. The van der Waals surface area contributed by atoms with E-state index in [1.807, 2.05) is 13.8 Å². The number of carboxylic acids is 1. The van der Waals surface area contributed by atoms with Crippen LogP contribution in [0, 0.1) is 5.92 Å². The lowest BCUT2D eigenvalue weighted by molar-refractivity contribution is -0.142. The normalized spacial score (nSPS) is 24.1. The second-order valence-electron chi connectivity index (χ2n) is 4.87. The smallest absolute Gasteiger partial charge is 0.326 e. The number of amides is 1. The molecule has 5 nitrogen and oxygen atoms in total. The summed E-state index contributed by atoms with van der Waals surface area (Å²) in [6, 6.07) is -0.745. The van der Waals surface area contributed by atoms with Crippen molar-refractivity contribution in [2.24, 2.45) is 5.92 Å². The molecule has 1 unspecified atom stereocenters. The van der Waals surface area contributed by atoms with Crippen molar-refractivity contribution in [1.82, 2.24) is 5.32 Å². The molecule has 1 aliphatic rings. The number of carbonyl (C=O) groups is 2. The molecule has 2 N–H and O–H groups in total. The fraction of sp³-hybridized carbons (Fsp3) is 0.846. The van der Waals surface area contributed by atoms with Gasteiger partial charge in [-0.25, -0.2) is 4.79 Å². The average molecular weight is 257 g/mol. The lowest BCUT2D eigenvalue weighted by Gasteiger charge is -2.34. The molecule has 0 aromatic heterocycles. The summed E-state index contributed by atoms with van der Waals surface area (Å²) in [7, 11) is 0. The third-order valence-electron chi connectivity index (χ3n) is 3.28. The summed E-state index contributed by atoms with van der Waals surface area (Å²) < 4.78 is 5.42. The van der Waals surface area contributed by atoms with E-state index in [0.29, 0.717) is 31.5 Å². The molecule has 104 valence electrons. The highest BCUT2D eigenvalue weighted by Crippen LogP contribution is 2.32. The molecule has 1 fully saturated rings. The summed E-state index contributed by atoms with van der Waals surface area (Å²) in [5.41, 5.74) is 0. The SMILES string of the molecule is CCCC(NC(=O)CC1CC(OCC)C1)C(=O)O. The molecule has 18 heavy (non-hydrogen) atoms. The van der Waals surface area contributed by atoms with Gasteiger partial charge in [0.1, 0.15) is 6.04 Å². The van der Waals surface area contributed by atoms with E-state index in [4.69, 9.17) is 9.84 Å². The van der Waals surface area contributed by atoms with E-state index in [-0.39, 0.29) is 5.91 Å². The van der Waals surface area contributed by atoms with Crippen molar-refractivity contribution in [2.75, 3.05) is 6.61 Å². The maximum Gasteiger partial charge on any atom is 0.326 e. The first-order chi connectivity index (χ1) is 8.56. The zero-order valence-electron chi connectivity index (χ0n) is 11.1. The molecule has 5 heteroatoms. The molecule has 0 bridgehead atoms. The van der Waals surface area contributed by atoms with Crippen LogP contribution in [0.4, 0.5) is 0 Å². The van der Waals surface area contributed by atoms with Gasteiger partial charge in [-0.15, -0.1) is 0 Å². The molecule has 0 saturated heterocycles. The molecule has 1 saturated carbocycles. The molecule has 0 aromatic rings. The van der Waals surface area contributed by atoms with E-state index in [9.17, 15) is 9.59 Å². The van der Waals surface area contributed by atoms with Gasteiger partial charge in [0, 0.05) is 13.0 Å². The number of nitrogens with one attached hydrogen (secondary N) is 1. The van der Waals surface area contributed by atoms with E-state index < -0.39 is 12.0 Å². The van der Waals surface area contributed by atoms with E-state index >= 15 is 0 Å². The summed E-state index contributed by atoms with van der Waals surface area (Å²) in [6.45, 7) is 4.57. The molecule has 0 heterocycles. The number of ether oxygens (including phenoxy) is 1. The predicted molar refractivity (Wildman–Crippen MR) is 67.2 cm³/mol. The van der Waals surface area contributed by atoms with Gasteiger partial charge in [0.25, 0.3) is 0 Å². The third-order valence-corrected chi connectivity index (χ3v) is 3.28. The highest BCUT2D eigenvalue weighted by molar-refractivity contribution is 5.83. The molecule has 0 radical (unpaired) electrons. The number of hydrogen-bond acceptors (Lipinski definition) is 3. The highest BCUT2D eigenvalue weighted by atomic mass is 16.5. The maximum atomic E-state index is 11.7. The van der Waals surface area contributed by atoms with Crippen LogP contribution in [0.3, 0.4) is 0 Å². The van der Waals surface area contributed by atoms with Crippen LogP contribution in [0.5, 0.6) is 0 Å². The number of carboxylic acid groups (broad SMARTS) is 1. The minimum Gasteiger partial charge on any atom is -0.480 e. The Labute approximate surface area is 108 Å². The second-order valence-corrected chi connectivity index (χ2v) is 4.87. The van der Waals surface area contributed by atoms with E-state index in [2.05, 4.69) is 5.32 Å². The first kappa shape index (κ1) is 15.0. The van der Waals surface area contributed by atoms with Crippen molar-refractivity contribution in [2.45, 2.75) is 58.1 Å². The van der Waals surface area contributed by atoms with Crippen molar-refractivity contribution >= 4 is 11.9 Å². The highest BCUT2D eigenvalue weighted by Gasteiger charge is 2.31. The summed E-state index contributed by atoms with van der Waals surface area (Å²) in [6.07, 6.45) is 3.75. The van der Waals surface area contributed by atoms with E-state index in [0.717, 1.165) is 19.3 Å². The molecule has 0 spiro atoms. The van der Waals surface area contributed by atoms with Crippen molar-refractivity contribution in [3.05, 3.63) is 0 Å². The molecule has 0 aromatic carbocycles. The number of carbonyl (C=O) groups excluding carboxylic acids is 1. The molecule has 1 amide bonds. The van der Waals surface area contributed by atoms with Gasteiger partial charge in [0.2, 0.25) is 5.91 Å². The Bertz CT molecular complexity index is 287. The first-order valence-corrected chi connectivity index (χ1v) is 6.70. The van der Waals surface area contributed by atoms with Crippen LogP contribution in [0.1, 0.15) is 46.0 Å². The van der Waals surface area contributed by atoms with Gasteiger partial charge in [0.15, 0.2) is 0 Å². The fourth-order valence-corrected chi connectivity index (χ4v) is 2.27. The molecule has 1 aliphatic carbocycles. The second kappa shape index (κ2) is 7.36. The van der Waals surface area contributed by atoms with Crippen LogP contribution in [-0.4, -0.2) is 35.7 Å². The van der Waals surface area contributed by atoms with Gasteiger partial charge in [-0.2, -0.15) is 0 Å². The minimum absolute atomic E-state index is 0.157. The van der Waals surface area contributed by atoms with Crippen molar-refractivity contribution in [3.8, 4) is 0 Å². The number of hydrogen-bond donors (Lipinski definition) is 2. The number of aliphatic carboxylic acids is 1. The van der Waals surface area contributed by atoms with Crippen LogP contribution in [0.2, 0.25) is 0 Å². The monoisotopic (exact) mass is 257 g/mol. The Morgan fingerprint density at radius 2 is 2.06 bits per heavy atom. The summed E-state index contributed by atoms with van der Waals surface area (Å²) >= 11 is 0. The predicted octanol–water partition coefficient (Wildman–Crippen LogP) is 1.56. The Morgan fingerprint density at radius 3 is 2.56 bits per heavy atom. The minimum atomic E-state index is -0.953. The van der Waals surface area contributed by atoms with Crippen LogP contribution < -0.4 is 5.32 Å². The number of rotatable bonds is 8. The van der Waals surface area contributed by atoms with Gasteiger partial charge in [-0.1, -0.05) is 13.3 Å². The largest absolute Gasteiger partial charge is 0.480 e. The Kier molecular flexibility index (Phi) is 6.12. The van der Waals surface area contributed by atoms with Crippen LogP contribution in [-0.2, 0) is 14.3 Å². The lowest BCUT2D eigenvalue weighted by atomic mass is 9.80. The molecule has 1 atom stereocenters. The third kappa shape index (κ3) is 4.64. The summed E-state index contributed by atoms with van der Waals surface area (Å²) in [5.74, 6) is -0.764. The summed E-state index contributed by atoms with van der Waals surface area (Å²) in [5, 5.41) is 11.5. The van der Waals surface area contributed by atoms with E-state index in [1.54, 1.807) is 0 Å². The topological polar surface area (TPSA) is 75.6 Å². The zero-order chi connectivity index (χ0) is 13.5. The standard InChI is InChI=1S/C13H23NO4/c1-3-5-11(13(16)17)14-12(15)8-9-6-10(7-9)18-4-2/h9-11H,3-8H2,1-2H3,(H,14,15)(H,16,17). The van der Waals surface area contributed by atoms with Gasteiger partial charge < -0.3 is 15.2 Å². The molecule has 1 rings (SSSR count). The summed E-state index contributed by atoms with van der Waals surface area (Å²) in [4.78, 5) is 22.6. The van der Waals surface area contributed by atoms with Crippen molar-refractivity contribution < 1.29 is 19.4 Å². The molecular weight excluding hydrogens is 234 g/mol. The zero-order valence-corrected chi connectivity index (χ0v) is 11.1. The van der Waals surface area contributed by atoms with Crippen LogP contribution >= 0.6 is 0 Å². The Morgan fingerprint density at radius 1 is 1.39 bits per heavy atom. The van der Waals surface area contributed by atoms with Crippen molar-refractivity contribution in [3.63, 3.8) is 0 Å². The molecular formula is C13H23NO4. The van der Waals surface area contributed by atoms with Gasteiger partial charge in [-0.3, -0.25) is 4.79 Å². The Balaban J connectivity index is 2.23. The van der Waals surface area contributed by atoms with Crippen LogP contribution in [0.25, 0.3) is 0 Å². The molecule has 0 aliphatic heterocycles. The lowest BCUT2D eigenvalue weighted by Crippen LogP contribution is -2.43. The first-order valence-electron chi connectivity index (χ1n) is 6.70. The van der Waals surface area contributed by atoms with E-state index in [1.165, 1.54) is 0 Å². The van der Waals surface area contributed by atoms with Gasteiger partial charge >= 0.3 is 5.97 Å². The van der Waals surface area contributed by atoms with Gasteiger partial charge in [0.05, 0.1) is 6.10 Å². The van der Waals surface area contributed by atoms with Crippen LogP contribution in [0.15, 0.2) is 0 Å². The Hall–Kier alpha value is -1.10. The maximum absolute atomic E-state index is 11.7. The average Bonchev–Trinajstić information content (AvgIpc) is 2.25. The fourth-order valence-electron chi connectivity index (χ4n) is 2.27. The van der Waals surface area contributed by atoms with Crippen molar-refractivity contribution in [1.29, 1.82) is 0 Å².